The van der Waals surface area contributed by atoms with E-state index in [1.54, 1.807) is 13.8 Å². The van der Waals surface area contributed by atoms with E-state index in [4.69, 9.17) is 5.73 Å². The summed E-state index contributed by atoms with van der Waals surface area (Å²) >= 11 is 3.17. The zero-order valence-electron chi connectivity index (χ0n) is 7.97. The summed E-state index contributed by atoms with van der Waals surface area (Å²) in [6, 6.07) is 4.21. The predicted molar refractivity (Wildman–Crippen MR) is 56.7 cm³/mol. The Morgan fingerprint density at radius 3 is 2.57 bits per heavy atom. The number of benzene rings is 1. The van der Waals surface area contributed by atoms with Gasteiger partial charge in [-0.15, -0.1) is 0 Å². The van der Waals surface area contributed by atoms with Gasteiger partial charge in [-0.2, -0.15) is 0 Å². The second-order valence-corrected chi connectivity index (χ2v) is 4.59. The first-order valence-corrected chi connectivity index (χ1v) is 4.90. The molecular formula is C10H11BrFNO. The summed E-state index contributed by atoms with van der Waals surface area (Å²) in [7, 11) is 0. The van der Waals surface area contributed by atoms with Crippen LogP contribution in [0.15, 0.2) is 22.7 Å². The van der Waals surface area contributed by atoms with Crippen molar-refractivity contribution in [2.45, 2.75) is 19.4 Å². The lowest BCUT2D eigenvalue weighted by molar-refractivity contribution is 0.0909. The molecule has 76 valence electrons. The number of ketones is 1. The molecule has 0 saturated carbocycles. The molecule has 0 bridgehead atoms. The third-order valence-electron chi connectivity index (χ3n) is 1.76. The van der Waals surface area contributed by atoms with Gasteiger partial charge in [-0.1, -0.05) is 15.9 Å². The van der Waals surface area contributed by atoms with Crippen molar-refractivity contribution in [3.63, 3.8) is 0 Å². The van der Waals surface area contributed by atoms with Crippen LogP contribution in [-0.2, 0) is 0 Å². The third kappa shape index (κ3) is 2.39. The Balaban J connectivity index is 3.19. The molecule has 1 rings (SSSR count). The number of carbonyl (C=O) groups is 1. The van der Waals surface area contributed by atoms with Crippen LogP contribution in [0.1, 0.15) is 24.2 Å². The number of nitrogens with two attached hydrogens (primary N) is 1. The molecule has 0 saturated heterocycles. The summed E-state index contributed by atoms with van der Waals surface area (Å²) in [6.45, 7) is 3.10. The van der Waals surface area contributed by atoms with E-state index in [9.17, 15) is 9.18 Å². The third-order valence-corrected chi connectivity index (χ3v) is 2.25. The lowest BCUT2D eigenvalue weighted by atomic mass is 9.94. The van der Waals surface area contributed by atoms with Crippen LogP contribution >= 0.6 is 15.9 Å². The van der Waals surface area contributed by atoms with Gasteiger partial charge in [-0.25, -0.2) is 4.39 Å². The van der Waals surface area contributed by atoms with Crippen LogP contribution in [0.4, 0.5) is 4.39 Å². The Morgan fingerprint density at radius 1 is 1.50 bits per heavy atom. The summed E-state index contributed by atoms with van der Waals surface area (Å²) < 4.78 is 13.9. The number of halogens is 2. The quantitative estimate of drug-likeness (QED) is 0.830. The number of rotatable bonds is 2. The van der Waals surface area contributed by atoms with Crippen molar-refractivity contribution in [2.24, 2.45) is 5.73 Å². The highest BCUT2D eigenvalue weighted by Gasteiger charge is 2.25. The van der Waals surface area contributed by atoms with Crippen molar-refractivity contribution in [2.75, 3.05) is 0 Å². The standard InChI is InChI=1S/C10H11BrFNO/c1-10(2,13)9(14)7-5-6(11)3-4-8(7)12/h3-5H,13H2,1-2H3. The van der Waals surface area contributed by atoms with E-state index >= 15 is 0 Å². The molecule has 1 aromatic carbocycles. The first kappa shape index (κ1) is 11.3. The molecule has 14 heavy (non-hydrogen) atoms. The Morgan fingerprint density at radius 2 is 2.07 bits per heavy atom. The van der Waals surface area contributed by atoms with E-state index in [0.717, 1.165) is 0 Å². The molecule has 0 aromatic heterocycles. The lowest BCUT2D eigenvalue weighted by Crippen LogP contribution is -2.41. The van der Waals surface area contributed by atoms with Gasteiger partial charge in [-0.3, -0.25) is 4.79 Å². The van der Waals surface area contributed by atoms with Crippen LogP contribution in [0.3, 0.4) is 0 Å². The average Bonchev–Trinajstić information content (AvgIpc) is 2.06. The first-order chi connectivity index (χ1) is 6.32. The summed E-state index contributed by atoms with van der Waals surface area (Å²) in [6.07, 6.45) is 0. The minimum atomic E-state index is -1.05. The Hall–Kier alpha value is -0.740. The summed E-state index contributed by atoms with van der Waals surface area (Å²) in [5.74, 6) is -0.951. The Labute approximate surface area is 90.4 Å². The van der Waals surface area contributed by atoms with Crippen LogP contribution in [0.25, 0.3) is 0 Å². The fraction of sp³-hybridized carbons (Fsp3) is 0.300. The van der Waals surface area contributed by atoms with Gasteiger partial charge in [0.25, 0.3) is 0 Å². The topological polar surface area (TPSA) is 43.1 Å². The van der Waals surface area contributed by atoms with Gasteiger partial charge >= 0.3 is 0 Å². The zero-order valence-corrected chi connectivity index (χ0v) is 9.56. The maximum absolute atomic E-state index is 13.3. The minimum Gasteiger partial charge on any atom is -0.319 e. The largest absolute Gasteiger partial charge is 0.319 e. The molecular weight excluding hydrogens is 249 g/mol. The smallest absolute Gasteiger partial charge is 0.185 e. The molecule has 0 amide bonds. The van der Waals surface area contributed by atoms with Gasteiger partial charge in [0.2, 0.25) is 0 Å². The normalized spacial score (nSPS) is 11.5. The Bertz CT molecular complexity index is 371. The van der Waals surface area contributed by atoms with Crippen LogP contribution in [0, 0.1) is 5.82 Å². The maximum Gasteiger partial charge on any atom is 0.185 e. The van der Waals surface area contributed by atoms with Crippen molar-refractivity contribution in [3.8, 4) is 0 Å². The zero-order chi connectivity index (χ0) is 10.9. The summed E-state index contributed by atoms with van der Waals surface area (Å²) in [5.41, 5.74) is 4.56. The molecule has 2 N–H and O–H groups in total. The fourth-order valence-electron chi connectivity index (χ4n) is 1.02. The van der Waals surface area contributed by atoms with Gasteiger partial charge in [-0.05, 0) is 32.0 Å². The van der Waals surface area contributed by atoms with E-state index in [2.05, 4.69) is 15.9 Å². The SMILES string of the molecule is CC(C)(N)C(=O)c1cc(Br)ccc1F. The number of hydrogen-bond acceptors (Lipinski definition) is 2. The molecule has 0 heterocycles. The first-order valence-electron chi connectivity index (χ1n) is 4.11. The molecule has 0 fully saturated rings. The molecule has 0 radical (unpaired) electrons. The highest BCUT2D eigenvalue weighted by molar-refractivity contribution is 9.10. The predicted octanol–water partition coefficient (Wildman–Crippen LogP) is 2.51. The number of hydrogen-bond donors (Lipinski definition) is 1. The van der Waals surface area contributed by atoms with Gasteiger partial charge < -0.3 is 5.73 Å². The molecule has 0 aliphatic rings. The van der Waals surface area contributed by atoms with Crippen molar-refractivity contribution >= 4 is 21.7 Å². The van der Waals surface area contributed by atoms with Crippen molar-refractivity contribution in [1.29, 1.82) is 0 Å². The van der Waals surface area contributed by atoms with Crippen molar-refractivity contribution in [1.82, 2.24) is 0 Å². The van der Waals surface area contributed by atoms with E-state index in [-0.39, 0.29) is 5.56 Å². The minimum absolute atomic E-state index is 0.0203. The highest BCUT2D eigenvalue weighted by atomic mass is 79.9. The van der Waals surface area contributed by atoms with E-state index in [1.807, 2.05) is 0 Å². The van der Waals surface area contributed by atoms with Crippen LogP contribution in [0.2, 0.25) is 0 Å². The monoisotopic (exact) mass is 259 g/mol. The van der Waals surface area contributed by atoms with Crippen LogP contribution in [0.5, 0.6) is 0 Å². The number of carbonyl (C=O) groups excluding carboxylic acids is 1. The molecule has 2 nitrogen and oxygen atoms in total. The highest BCUT2D eigenvalue weighted by Crippen LogP contribution is 2.19. The van der Waals surface area contributed by atoms with E-state index in [0.29, 0.717) is 4.47 Å². The van der Waals surface area contributed by atoms with E-state index in [1.165, 1.54) is 18.2 Å². The molecule has 0 unspecified atom stereocenters. The van der Waals surface area contributed by atoms with Crippen molar-refractivity contribution < 1.29 is 9.18 Å². The molecule has 0 atom stereocenters. The number of Topliss-reactive ketones (excluding diaryl/α,β-unsaturated/α-hetero) is 1. The van der Waals surface area contributed by atoms with Crippen LogP contribution < -0.4 is 5.73 Å². The maximum atomic E-state index is 13.3. The van der Waals surface area contributed by atoms with Gasteiger partial charge in [0.15, 0.2) is 5.78 Å². The average molecular weight is 260 g/mol. The van der Waals surface area contributed by atoms with Crippen LogP contribution in [-0.4, -0.2) is 11.3 Å². The molecule has 0 spiro atoms. The summed E-state index contributed by atoms with van der Waals surface area (Å²) in [4.78, 5) is 11.7. The summed E-state index contributed by atoms with van der Waals surface area (Å²) in [5, 5.41) is 0. The molecule has 1 aromatic rings. The molecule has 0 aliphatic carbocycles. The Kier molecular flexibility index (Phi) is 3.07. The van der Waals surface area contributed by atoms with E-state index < -0.39 is 17.1 Å². The lowest BCUT2D eigenvalue weighted by Gasteiger charge is -2.17. The fourth-order valence-corrected chi connectivity index (χ4v) is 1.38. The van der Waals surface area contributed by atoms with Crippen molar-refractivity contribution in [3.05, 3.63) is 34.1 Å². The van der Waals surface area contributed by atoms with Gasteiger partial charge in [0.1, 0.15) is 5.82 Å². The second kappa shape index (κ2) is 3.79. The van der Waals surface area contributed by atoms with Gasteiger partial charge in [0, 0.05) is 4.47 Å². The van der Waals surface area contributed by atoms with Gasteiger partial charge in [0.05, 0.1) is 11.1 Å². The molecule has 4 heteroatoms. The molecule has 0 aliphatic heterocycles. The second-order valence-electron chi connectivity index (χ2n) is 3.67.